The minimum absolute atomic E-state index is 0.0178. The van der Waals surface area contributed by atoms with Crippen LogP contribution in [0.2, 0.25) is 0 Å². The molecule has 0 saturated carbocycles. The van der Waals surface area contributed by atoms with Gasteiger partial charge >= 0.3 is 6.09 Å². The van der Waals surface area contributed by atoms with Crippen LogP contribution in [0.3, 0.4) is 0 Å². The number of carbonyl (C=O) groups is 1. The van der Waals surface area contributed by atoms with Gasteiger partial charge in [-0.1, -0.05) is 0 Å². The molecule has 1 N–H and O–H groups in total. The van der Waals surface area contributed by atoms with Crippen molar-refractivity contribution in [3.63, 3.8) is 0 Å². The second kappa shape index (κ2) is 3.88. The monoisotopic (exact) mass is 206 g/mol. The predicted molar refractivity (Wildman–Crippen MR) is 55.7 cm³/mol. The number of likely N-dealkylation sites (tertiary alicyclic amines) is 1. The molecule has 15 heavy (non-hydrogen) atoms. The highest BCUT2D eigenvalue weighted by molar-refractivity contribution is 5.66. The van der Waals surface area contributed by atoms with Crippen LogP contribution in [0.15, 0.2) is 18.3 Å². The first-order valence-corrected chi connectivity index (χ1v) is 5.10. The molecule has 1 atom stereocenters. The van der Waals surface area contributed by atoms with E-state index in [1.165, 1.54) is 4.90 Å². The zero-order valence-corrected chi connectivity index (χ0v) is 8.68. The molecule has 0 bridgehead atoms. The lowest BCUT2D eigenvalue weighted by Crippen LogP contribution is -2.28. The molecule has 4 heteroatoms. The molecule has 1 fully saturated rings. The smallest absolute Gasteiger partial charge is 0.407 e. The molecule has 0 aliphatic carbocycles. The van der Waals surface area contributed by atoms with Crippen LogP contribution in [0, 0.1) is 6.92 Å². The molecule has 1 aliphatic rings. The Morgan fingerprint density at radius 1 is 1.67 bits per heavy atom. The Kier molecular flexibility index (Phi) is 2.58. The zero-order valence-electron chi connectivity index (χ0n) is 8.68. The van der Waals surface area contributed by atoms with Crippen LogP contribution in [-0.2, 0) is 0 Å². The molecule has 0 aromatic carbocycles. The Labute approximate surface area is 88.6 Å². The Morgan fingerprint density at radius 3 is 3.13 bits per heavy atom. The maximum absolute atomic E-state index is 11.0. The molecule has 4 nitrogen and oxygen atoms in total. The lowest BCUT2D eigenvalue weighted by molar-refractivity contribution is 0.140. The molecule has 2 heterocycles. The number of carboxylic acid groups (broad SMARTS) is 1. The number of rotatable bonds is 1. The Balaban J connectivity index is 2.26. The second-order valence-electron chi connectivity index (χ2n) is 3.86. The van der Waals surface area contributed by atoms with E-state index in [-0.39, 0.29) is 6.04 Å². The molecule has 1 aliphatic heterocycles. The van der Waals surface area contributed by atoms with Crippen molar-refractivity contribution in [1.29, 1.82) is 0 Å². The number of pyridine rings is 1. The highest BCUT2D eigenvalue weighted by atomic mass is 16.4. The van der Waals surface area contributed by atoms with E-state index in [4.69, 9.17) is 5.11 Å². The number of aryl methyl sites for hydroxylation is 1. The quantitative estimate of drug-likeness (QED) is 0.766. The summed E-state index contributed by atoms with van der Waals surface area (Å²) in [5.74, 6) is 0. The summed E-state index contributed by atoms with van der Waals surface area (Å²) >= 11 is 0. The largest absolute Gasteiger partial charge is 0.465 e. The van der Waals surface area contributed by atoms with E-state index in [1.54, 1.807) is 6.20 Å². The molecule has 2 rings (SSSR count). The van der Waals surface area contributed by atoms with E-state index in [0.29, 0.717) is 6.54 Å². The van der Waals surface area contributed by atoms with Crippen molar-refractivity contribution < 1.29 is 9.90 Å². The van der Waals surface area contributed by atoms with Crippen LogP contribution in [0.5, 0.6) is 0 Å². The van der Waals surface area contributed by atoms with E-state index >= 15 is 0 Å². The summed E-state index contributed by atoms with van der Waals surface area (Å²) in [6.45, 7) is 2.56. The minimum atomic E-state index is -0.827. The SMILES string of the molecule is Cc1cc(C2CCCN2C(=O)O)ccn1. The van der Waals surface area contributed by atoms with Crippen molar-refractivity contribution in [3.8, 4) is 0 Å². The van der Waals surface area contributed by atoms with Crippen LogP contribution in [0.25, 0.3) is 0 Å². The third-order valence-electron chi connectivity index (χ3n) is 2.80. The van der Waals surface area contributed by atoms with Crippen LogP contribution in [0.1, 0.15) is 30.1 Å². The third-order valence-corrected chi connectivity index (χ3v) is 2.80. The number of aromatic nitrogens is 1. The Morgan fingerprint density at radius 2 is 2.47 bits per heavy atom. The van der Waals surface area contributed by atoms with Crippen molar-refractivity contribution in [1.82, 2.24) is 9.88 Å². The highest BCUT2D eigenvalue weighted by Gasteiger charge is 2.29. The average Bonchev–Trinajstić information content (AvgIpc) is 2.65. The van der Waals surface area contributed by atoms with Gasteiger partial charge in [0.05, 0.1) is 6.04 Å². The van der Waals surface area contributed by atoms with Crippen LogP contribution in [0.4, 0.5) is 4.79 Å². The number of hydrogen-bond acceptors (Lipinski definition) is 2. The molecule has 1 saturated heterocycles. The van der Waals surface area contributed by atoms with Gasteiger partial charge in [-0.15, -0.1) is 0 Å². The van der Waals surface area contributed by atoms with Crippen molar-refractivity contribution in [2.24, 2.45) is 0 Å². The van der Waals surface area contributed by atoms with Crippen molar-refractivity contribution in [3.05, 3.63) is 29.6 Å². The van der Waals surface area contributed by atoms with E-state index in [1.807, 2.05) is 19.1 Å². The Hall–Kier alpha value is -1.58. The molecule has 0 spiro atoms. The van der Waals surface area contributed by atoms with Gasteiger partial charge in [-0.05, 0) is 37.5 Å². The molecule has 0 radical (unpaired) electrons. The minimum Gasteiger partial charge on any atom is -0.465 e. The molecule has 1 amide bonds. The topological polar surface area (TPSA) is 53.4 Å². The third kappa shape index (κ3) is 1.93. The fraction of sp³-hybridized carbons (Fsp3) is 0.455. The van der Waals surface area contributed by atoms with Gasteiger partial charge in [-0.25, -0.2) is 4.79 Å². The summed E-state index contributed by atoms with van der Waals surface area (Å²) < 4.78 is 0. The van der Waals surface area contributed by atoms with Crippen molar-refractivity contribution in [2.75, 3.05) is 6.54 Å². The van der Waals surface area contributed by atoms with Crippen LogP contribution < -0.4 is 0 Å². The van der Waals surface area contributed by atoms with E-state index in [2.05, 4.69) is 4.98 Å². The summed E-state index contributed by atoms with van der Waals surface area (Å²) in [4.78, 5) is 16.6. The standard InChI is InChI=1S/C11H14N2O2/c1-8-7-9(4-5-12-8)10-3-2-6-13(10)11(14)15/h4-5,7,10H,2-3,6H2,1H3,(H,14,15). The van der Waals surface area contributed by atoms with Gasteiger partial charge in [0.25, 0.3) is 0 Å². The van der Waals surface area contributed by atoms with E-state index < -0.39 is 6.09 Å². The first kappa shape index (κ1) is 9.96. The Bertz CT molecular complexity index is 379. The maximum atomic E-state index is 11.0. The van der Waals surface area contributed by atoms with Gasteiger partial charge in [0.1, 0.15) is 0 Å². The molecule has 80 valence electrons. The fourth-order valence-corrected chi connectivity index (χ4v) is 2.12. The molecule has 1 aromatic heterocycles. The van der Waals surface area contributed by atoms with Gasteiger partial charge < -0.3 is 10.0 Å². The predicted octanol–water partition coefficient (Wildman–Crippen LogP) is 2.20. The number of hydrogen-bond donors (Lipinski definition) is 1. The summed E-state index contributed by atoms with van der Waals surface area (Å²) in [5.41, 5.74) is 1.99. The molecular formula is C11H14N2O2. The van der Waals surface area contributed by atoms with E-state index in [0.717, 1.165) is 24.1 Å². The highest BCUT2D eigenvalue weighted by Crippen LogP contribution is 2.31. The lowest BCUT2D eigenvalue weighted by atomic mass is 10.1. The first-order valence-electron chi connectivity index (χ1n) is 5.10. The van der Waals surface area contributed by atoms with E-state index in [9.17, 15) is 4.79 Å². The van der Waals surface area contributed by atoms with Gasteiger partial charge in [0, 0.05) is 18.4 Å². The van der Waals surface area contributed by atoms with Gasteiger partial charge in [0.2, 0.25) is 0 Å². The summed E-state index contributed by atoms with van der Waals surface area (Å²) in [6.07, 6.45) is 2.77. The molecule has 1 unspecified atom stereocenters. The normalized spacial score (nSPS) is 20.6. The van der Waals surface area contributed by atoms with Gasteiger partial charge in [0.15, 0.2) is 0 Å². The van der Waals surface area contributed by atoms with Crippen molar-refractivity contribution in [2.45, 2.75) is 25.8 Å². The lowest BCUT2D eigenvalue weighted by Gasteiger charge is -2.21. The van der Waals surface area contributed by atoms with Crippen molar-refractivity contribution >= 4 is 6.09 Å². The summed E-state index contributed by atoms with van der Waals surface area (Å²) in [6, 6.07) is 3.88. The fourth-order valence-electron chi connectivity index (χ4n) is 2.12. The average molecular weight is 206 g/mol. The first-order chi connectivity index (χ1) is 7.18. The van der Waals surface area contributed by atoms with Crippen LogP contribution >= 0.6 is 0 Å². The number of nitrogens with zero attached hydrogens (tertiary/aromatic N) is 2. The van der Waals surface area contributed by atoms with Gasteiger partial charge in [-0.3, -0.25) is 4.98 Å². The molecular weight excluding hydrogens is 192 g/mol. The van der Waals surface area contributed by atoms with Gasteiger partial charge in [-0.2, -0.15) is 0 Å². The summed E-state index contributed by atoms with van der Waals surface area (Å²) in [7, 11) is 0. The zero-order chi connectivity index (χ0) is 10.8. The second-order valence-corrected chi connectivity index (χ2v) is 3.86. The molecule has 1 aromatic rings. The maximum Gasteiger partial charge on any atom is 0.407 e. The number of amides is 1. The summed E-state index contributed by atoms with van der Waals surface area (Å²) in [5, 5.41) is 9.02. The van der Waals surface area contributed by atoms with Crippen LogP contribution in [-0.4, -0.2) is 27.6 Å².